The van der Waals surface area contributed by atoms with Crippen LogP contribution >= 0.6 is 22.7 Å². The summed E-state index contributed by atoms with van der Waals surface area (Å²) in [5, 5.41) is 0. The van der Waals surface area contributed by atoms with E-state index in [4.69, 9.17) is 19.9 Å². The minimum Gasteiger partial charge on any atom is -0.311 e. The van der Waals surface area contributed by atoms with Gasteiger partial charge in [-0.15, -0.1) is 22.7 Å². The zero-order valence-electron chi connectivity index (χ0n) is 41.6. The Bertz CT molecular complexity index is 2740. The first-order chi connectivity index (χ1) is 34.0. The molecule has 0 bridgehead atoms. The average Bonchev–Trinajstić information content (AvgIpc) is 4.08. The van der Waals surface area contributed by atoms with Crippen molar-refractivity contribution in [2.75, 3.05) is 4.90 Å². The van der Waals surface area contributed by atoms with Gasteiger partial charge in [0.15, 0.2) is 6.29 Å². The number of aromatic nitrogens is 4. The predicted molar refractivity (Wildman–Crippen MR) is 296 cm³/mol. The van der Waals surface area contributed by atoms with Crippen molar-refractivity contribution in [3.05, 3.63) is 137 Å². The van der Waals surface area contributed by atoms with E-state index in [1.165, 1.54) is 93.3 Å². The van der Waals surface area contributed by atoms with E-state index in [0.717, 1.165) is 146 Å². The van der Waals surface area contributed by atoms with E-state index in [1.54, 1.807) is 11.3 Å². The summed E-state index contributed by atoms with van der Waals surface area (Å²) in [6, 6.07) is 38.7. The molecule has 0 N–H and O–H groups in total. The van der Waals surface area contributed by atoms with Crippen molar-refractivity contribution in [2.24, 2.45) is 0 Å². The zero-order chi connectivity index (χ0) is 47.8. The molecule has 0 aliphatic carbocycles. The van der Waals surface area contributed by atoms with Crippen LogP contribution in [0.4, 0.5) is 17.1 Å². The Morgan fingerprint density at radius 2 is 0.754 bits per heavy atom. The SMILES string of the molecule is CCCCCCc1nc2c(-c3ccc(C=O)s3)c3nc(CCCCCC)c(CCCCCC)nc3c(-c3ccc(-c4ccc(N(c5ccccc5)c5ccccc5)cc4)s3)c2nc1CCCCCC. The number of para-hydroxylation sites is 2. The molecule has 0 spiro atoms. The lowest BCUT2D eigenvalue weighted by Crippen LogP contribution is -2.09. The van der Waals surface area contributed by atoms with Crippen LogP contribution < -0.4 is 4.90 Å². The van der Waals surface area contributed by atoms with Crippen LogP contribution in [0.1, 0.15) is 163 Å². The normalized spacial score (nSPS) is 11.5. The van der Waals surface area contributed by atoms with Gasteiger partial charge in [0.2, 0.25) is 0 Å². The number of aldehydes is 1. The van der Waals surface area contributed by atoms with Crippen molar-refractivity contribution >= 4 is 68.1 Å². The summed E-state index contributed by atoms with van der Waals surface area (Å²) in [5.41, 5.74) is 14.5. The minimum absolute atomic E-state index is 0.695. The van der Waals surface area contributed by atoms with Crippen molar-refractivity contribution in [1.29, 1.82) is 0 Å². The third-order valence-corrected chi connectivity index (χ3v) is 15.6. The second-order valence-corrected chi connectivity index (χ2v) is 20.9. The van der Waals surface area contributed by atoms with Gasteiger partial charge >= 0.3 is 0 Å². The van der Waals surface area contributed by atoms with Crippen LogP contribution in [0.25, 0.3) is 53.4 Å². The number of carbonyl (C=O) groups is 1. The van der Waals surface area contributed by atoms with Gasteiger partial charge < -0.3 is 4.90 Å². The molecule has 8 aromatic rings. The van der Waals surface area contributed by atoms with Gasteiger partial charge in [-0.2, -0.15) is 0 Å². The molecular weight excluding hydrogens is 883 g/mol. The van der Waals surface area contributed by atoms with Crippen LogP contribution in [-0.2, 0) is 25.7 Å². The number of fused-ring (bicyclic) bond motifs is 2. The molecule has 69 heavy (non-hydrogen) atoms. The molecule has 8 heteroatoms. The number of benzene rings is 4. The first-order valence-electron chi connectivity index (χ1n) is 26.3. The lowest BCUT2D eigenvalue weighted by molar-refractivity contribution is 0.112. The van der Waals surface area contributed by atoms with Crippen molar-refractivity contribution in [1.82, 2.24) is 19.9 Å². The van der Waals surface area contributed by atoms with E-state index in [1.807, 2.05) is 6.07 Å². The van der Waals surface area contributed by atoms with E-state index < -0.39 is 0 Å². The second-order valence-electron chi connectivity index (χ2n) is 18.7. The maximum Gasteiger partial charge on any atom is 0.160 e. The molecule has 4 aromatic heterocycles. The monoisotopic (exact) mass is 954 g/mol. The van der Waals surface area contributed by atoms with Gasteiger partial charge in [0, 0.05) is 42.8 Å². The molecule has 0 unspecified atom stereocenters. The third kappa shape index (κ3) is 12.2. The number of thiophene rings is 2. The number of rotatable bonds is 27. The topological polar surface area (TPSA) is 71.9 Å². The molecular formula is C61H71N5OS2. The summed E-state index contributed by atoms with van der Waals surface area (Å²) in [6.07, 6.45) is 23.3. The molecule has 0 radical (unpaired) electrons. The summed E-state index contributed by atoms with van der Waals surface area (Å²) >= 11 is 3.32. The van der Waals surface area contributed by atoms with Gasteiger partial charge in [-0.05, 0) is 118 Å². The Kier molecular flexibility index (Phi) is 18.3. The van der Waals surface area contributed by atoms with Crippen LogP contribution in [0.15, 0.2) is 109 Å². The van der Waals surface area contributed by atoms with Crippen LogP contribution in [0.5, 0.6) is 0 Å². The van der Waals surface area contributed by atoms with E-state index in [2.05, 4.69) is 136 Å². The number of unbranched alkanes of at least 4 members (excludes halogenated alkanes) is 12. The summed E-state index contributed by atoms with van der Waals surface area (Å²) in [6.45, 7) is 9.10. The van der Waals surface area contributed by atoms with Crippen LogP contribution in [-0.4, -0.2) is 26.2 Å². The molecule has 358 valence electrons. The zero-order valence-corrected chi connectivity index (χ0v) is 43.2. The van der Waals surface area contributed by atoms with Crippen molar-refractivity contribution < 1.29 is 4.79 Å². The smallest absolute Gasteiger partial charge is 0.160 e. The molecule has 0 amide bonds. The van der Waals surface area contributed by atoms with Gasteiger partial charge in [0.1, 0.15) is 22.1 Å². The van der Waals surface area contributed by atoms with Gasteiger partial charge in [-0.25, -0.2) is 19.9 Å². The van der Waals surface area contributed by atoms with Gasteiger partial charge in [-0.3, -0.25) is 4.79 Å². The summed E-state index contributed by atoms with van der Waals surface area (Å²) < 4.78 is 0. The fourth-order valence-electron chi connectivity index (χ4n) is 9.63. The number of aryl methyl sites for hydroxylation is 4. The van der Waals surface area contributed by atoms with E-state index >= 15 is 0 Å². The Hall–Kier alpha value is -5.57. The van der Waals surface area contributed by atoms with Crippen LogP contribution in [0.3, 0.4) is 0 Å². The second kappa shape index (κ2) is 25.3. The van der Waals surface area contributed by atoms with Crippen LogP contribution in [0, 0.1) is 0 Å². The summed E-state index contributed by atoms with van der Waals surface area (Å²) in [7, 11) is 0. The highest BCUT2D eigenvalue weighted by Crippen LogP contribution is 2.47. The lowest BCUT2D eigenvalue weighted by Gasteiger charge is -2.25. The number of hydrogen-bond donors (Lipinski definition) is 0. The van der Waals surface area contributed by atoms with Crippen molar-refractivity contribution in [3.63, 3.8) is 0 Å². The number of hydrogen-bond acceptors (Lipinski definition) is 8. The Labute approximate surface area is 419 Å². The molecule has 0 atom stereocenters. The average molecular weight is 954 g/mol. The number of carbonyl (C=O) groups excluding carboxylic acids is 1. The molecule has 0 aliphatic heterocycles. The standard InChI is InChI=1S/C61H71N5OS2/c1-5-9-13-23-31-49-51(33-25-15-11-7-3)64-60-57(55-42-41-53(69-55)44-35-37-47(38-36-44)66(45-27-19-17-20-28-45)46-29-21-18-22-30-46)61-59(56(58(60)62-49)54-40-39-48(43-67)68-54)63-50(32-24-14-10-6-2)52(65-61)34-26-16-12-8-4/h17-22,27-30,35-43H,5-16,23-26,31-34H2,1-4H3. The third-order valence-electron chi connectivity index (χ3n) is 13.4. The first kappa shape index (κ1) is 49.8. The quantitative estimate of drug-likeness (QED) is 0.0290. The number of nitrogens with zero attached hydrogens (tertiary/aromatic N) is 5. The lowest BCUT2D eigenvalue weighted by atomic mass is 9.98. The van der Waals surface area contributed by atoms with Crippen molar-refractivity contribution in [2.45, 2.75) is 156 Å². The van der Waals surface area contributed by atoms with Crippen LogP contribution in [0.2, 0.25) is 0 Å². The Balaban J connectivity index is 1.34. The molecule has 0 saturated carbocycles. The van der Waals surface area contributed by atoms with Crippen molar-refractivity contribution in [3.8, 4) is 31.3 Å². The summed E-state index contributed by atoms with van der Waals surface area (Å²) in [5.74, 6) is 0. The summed E-state index contributed by atoms with van der Waals surface area (Å²) in [4.78, 5) is 41.7. The molecule has 4 heterocycles. The molecule has 6 nitrogen and oxygen atoms in total. The molecule has 0 fully saturated rings. The first-order valence-corrected chi connectivity index (χ1v) is 27.9. The highest BCUT2D eigenvalue weighted by atomic mass is 32.1. The highest BCUT2D eigenvalue weighted by Gasteiger charge is 2.27. The van der Waals surface area contributed by atoms with Gasteiger partial charge in [0.05, 0.1) is 27.7 Å². The van der Waals surface area contributed by atoms with Gasteiger partial charge in [-0.1, -0.05) is 153 Å². The molecule has 4 aromatic carbocycles. The Morgan fingerprint density at radius 1 is 0.391 bits per heavy atom. The van der Waals surface area contributed by atoms with Gasteiger partial charge in [0.25, 0.3) is 0 Å². The Morgan fingerprint density at radius 3 is 1.13 bits per heavy atom. The van der Waals surface area contributed by atoms with E-state index in [0.29, 0.717) is 4.88 Å². The number of anilines is 3. The predicted octanol–water partition coefficient (Wildman–Crippen LogP) is 18.5. The molecule has 0 saturated heterocycles. The fraction of sp³-hybridized carbons (Fsp3) is 0.393. The molecule has 0 aliphatic rings. The fourth-order valence-corrected chi connectivity index (χ4v) is 11.6. The van der Waals surface area contributed by atoms with E-state index in [9.17, 15) is 4.79 Å². The largest absolute Gasteiger partial charge is 0.311 e. The maximum atomic E-state index is 12.3. The van der Waals surface area contributed by atoms with E-state index in [-0.39, 0.29) is 0 Å². The molecule has 8 rings (SSSR count). The minimum atomic E-state index is 0.695. The maximum absolute atomic E-state index is 12.3. The highest BCUT2D eigenvalue weighted by molar-refractivity contribution is 7.19.